The van der Waals surface area contributed by atoms with Crippen molar-refractivity contribution in [2.75, 3.05) is 0 Å². The average molecular weight is 289 g/mol. The number of aryl methyl sites for hydroxylation is 2. The van der Waals surface area contributed by atoms with Crippen molar-refractivity contribution in [1.29, 1.82) is 0 Å². The standard InChI is InChI=1S/C13H12Cl3N/c14-11-10(17-13(16)12(11)15)8-4-7-9-5-2-1-3-6-9/h1-3,5-6,17H,4,7-8H2. The highest BCUT2D eigenvalue weighted by Crippen LogP contribution is 2.33. The third-order valence-electron chi connectivity index (χ3n) is 2.65. The van der Waals surface area contributed by atoms with Crippen LogP contribution in [0.25, 0.3) is 0 Å². The quantitative estimate of drug-likeness (QED) is 0.801. The number of halogens is 3. The average Bonchev–Trinajstić information content (AvgIpc) is 2.59. The van der Waals surface area contributed by atoms with Gasteiger partial charge in [0.15, 0.2) is 0 Å². The zero-order valence-electron chi connectivity index (χ0n) is 9.14. The third kappa shape index (κ3) is 3.19. The van der Waals surface area contributed by atoms with Crippen LogP contribution < -0.4 is 0 Å². The van der Waals surface area contributed by atoms with E-state index in [1.807, 2.05) is 18.2 Å². The van der Waals surface area contributed by atoms with Crippen molar-refractivity contribution in [2.45, 2.75) is 19.3 Å². The molecule has 0 aliphatic carbocycles. The normalized spacial score (nSPS) is 10.8. The van der Waals surface area contributed by atoms with Crippen molar-refractivity contribution < 1.29 is 0 Å². The van der Waals surface area contributed by atoms with Gasteiger partial charge >= 0.3 is 0 Å². The summed E-state index contributed by atoms with van der Waals surface area (Å²) in [6.45, 7) is 0. The van der Waals surface area contributed by atoms with E-state index in [2.05, 4.69) is 17.1 Å². The summed E-state index contributed by atoms with van der Waals surface area (Å²) < 4.78 is 0. The molecule has 0 atom stereocenters. The molecule has 0 radical (unpaired) electrons. The van der Waals surface area contributed by atoms with Gasteiger partial charge in [0, 0.05) is 5.69 Å². The van der Waals surface area contributed by atoms with Crippen LogP contribution in [0.1, 0.15) is 17.7 Å². The van der Waals surface area contributed by atoms with Gasteiger partial charge in [-0.05, 0) is 24.8 Å². The van der Waals surface area contributed by atoms with Crippen molar-refractivity contribution >= 4 is 34.8 Å². The van der Waals surface area contributed by atoms with Gasteiger partial charge in [0.25, 0.3) is 0 Å². The molecule has 0 saturated carbocycles. The van der Waals surface area contributed by atoms with E-state index >= 15 is 0 Å². The number of nitrogens with one attached hydrogen (secondary N) is 1. The van der Waals surface area contributed by atoms with E-state index in [1.54, 1.807) is 0 Å². The smallest absolute Gasteiger partial charge is 0.126 e. The van der Waals surface area contributed by atoms with Gasteiger partial charge in [0.2, 0.25) is 0 Å². The molecule has 2 rings (SSSR count). The molecule has 1 aromatic heterocycles. The summed E-state index contributed by atoms with van der Waals surface area (Å²) in [6, 6.07) is 10.4. The first kappa shape index (κ1) is 12.8. The van der Waals surface area contributed by atoms with Gasteiger partial charge in [-0.25, -0.2) is 0 Å². The minimum absolute atomic E-state index is 0.419. The minimum atomic E-state index is 0.419. The molecule has 0 fully saturated rings. The zero-order chi connectivity index (χ0) is 12.3. The van der Waals surface area contributed by atoms with Crippen LogP contribution in [0.3, 0.4) is 0 Å². The molecular formula is C13H12Cl3N. The number of hydrogen-bond acceptors (Lipinski definition) is 0. The maximum atomic E-state index is 6.05. The Kier molecular flexibility index (Phi) is 4.38. The lowest BCUT2D eigenvalue weighted by atomic mass is 10.1. The first-order valence-corrected chi connectivity index (χ1v) is 6.57. The molecule has 0 amide bonds. The Bertz CT molecular complexity index is 491. The monoisotopic (exact) mass is 287 g/mol. The minimum Gasteiger partial charge on any atom is -0.347 e. The maximum Gasteiger partial charge on any atom is 0.126 e. The molecule has 90 valence electrons. The Morgan fingerprint density at radius 3 is 2.18 bits per heavy atom. The van der Waals surface area contributed by atoms with Crippen molar-refractivity contribution in [3.8, 4) is 0 Å². The summed E-state index contributed by atoms with van der Waals surface area (Å²) in [5.41, 5.74) is 2.24. The summed E-state index contributed by atoms with van der Waals surface area (Å²) in [6.07, 6.45) is 2.88. The maximum absolute atomic E-state index is 6.05. The van der Waals surface area contributed by atoms with Crippen molar-refractivity contribution in [1.82, 2.24) is 4.98 Å². The summed E-state index contributed by atoms with van der Waals surface area (Å²) in [5, 5.41) is 1.39. The van der Waals surface area contributed by atoms with E-state index in [0.717, 1.165) is 25.0 Å². The van der Waals surface area contributed by atoms with Crippen molar-refractivity contribution in [3.63, 3.8) is 0 Å². The molecule has 0 spiro atoms. The molecule has 1 heterocycles. The molecule has 0 aliphatic heterocycles. The van der Waals surface area contributed by atoms with E-state index in [4.69, 9.17) is 34.8 Å². The van der Waals surface area contributed by atoms with Crippen molar-refractivity contribution in [3.05, 3.63) is 56.8 Å². The fourth-order valence-corrected chi connectivity index (χ4v) is 2.41. The second-order valence-electron chi connectivity index (χ2n) is 3.88. The summed E-state index contributed by atoms with van der Waals surface area (Å²) in [5.74, 6) is 0. The summed E-state index contributed by atoms with van der Waals surface area (Å²) in [7, 11) is 0. The summed E-state index contributed by atoms with van der Waals surface area (Å²) >= 11 is 17.8. The van der Waals surface area contributed by atoms with Crippen LogP contribution in [0.15, 0.2) is 30.3 Å². The van der Waals surface area contributed by atoms with E-state index in [9.17, 15) is 0 Å². The number of benzene rings is 1. The second kappa shape index (κ2) is 5.81. The molecule has 1 N–H and O–H groups in total. The van der Waals surface area contributed by atoms with Gasteiger partial charge in [-0.15, -0.1) is 0 Å². The number of hydrogen-bond donors (Lipinski definition) is 1. The van der Waals surface area contributed by atoms with Crippen LogP contribution in [0, 0.1) is 0 Å². The fourth-order valence-electron chi connectivity index (χ4n) is 1.76. The van der Waals surface area contributed by atoms with Crippen molar-refractivity contribution in [2.24, 2.45) is 0 Å². The Balaban J connectivity index is 1.92. The Morgan fingerprint density at radius 2 is 1.59 bits per heavy atom. The molecule has 2 aromatic rings. The molecule has 0 aliphatic rings. The molecule has 4 heteroatoms. The van der Waals surface area contributed by atoms with E-state index < -0.39 is 0 Å². The Morgan fingerprint density at radius 1 is 0.882 bits per heavy atom. The number of rotatable bonds is 4. The highest BCUT2D eigenvalue weighted by atomic mass is 35.5. The third-order valence-corrected chi connectivity index (χ3v) is 3.92. The lowest BCUT2D eigenvalue weighted by Gasteiger charge is -2.01. The zero-order valence-corrected chi connectivity index (χ0v) is 11.4. The molecule has 0 bridgehead atoms. The van der Waals surface area contributed by atoms with Gasteiger partial charge in [-0.1, -0.05) is 65.1 Å². The summed E-state index contributed by atoms with van der Waals surface area (Å²) in [4.78, 5) is 3.00. The largest absolute Gasteiger partial charge is 0.347 e. The van der Waals surface area contributed by atoms with Crippen LogP contribution in [0.2, 0.25) is 15.2 Å². The van der Waals surface area contributed by atoms with Crippen LogP contribution in [-0.2, 0) is 12.8 Å². The van der Waals surface area contributed by atoms with E-state index in [-0.39, 0.29) is 0 Å². The first-order valence-electron chi connectivity index (χ1n) is 5.43. The first-order chi connectivity index (χ1) is 8.18. The fraction of sp³-hybridized carbons (Fsp3) is 0.231. The van der Waals surface area contributed by atoms with Gasteiger partial charge < -0.3 is 4.98 Å². The second-order valence-corrected chi connectivity index (χ2v) is 5.02. The SMILES string of the molecule is Clc1[nH]c(CCCc2ccccc2)c(Cl)c1Cl. The highest BCUT2D eigenvalue weighted by Gasteiger charge is 2.11. The predicted octanol–water partition coefficient (Wildman–Crippen LogP) is 5.15. The highest BCUT2D eigenvalue weighted by molar-refractivity contribution is 6.48. The van der Waals surface area contributed by atoms with Crippen LogP contribution in [0.4, 0.5) is 0 Å². The lowest BCUT2D eigenvalue weighted by Crippen LogP contribution is -1.90. The molecule has 1 nitrogen and oxygen atoms in total. The molecule has 17 heavy (non-hydrogen) atoms. The number of aromatic amines is 1. The molecule has 0 saturated heterocycles. The Labute approximate surface area is 116 Å². The van der Waals surface area contributed by atoms with Crippen LogP contribution >= 0.6 is 34.8 Å². The van der Waals surface area contributed by atoms with Crippen LogP contribution in [0.5, 0.6) is 0 Å². The van der Waals surface area contributed by atoms with Gasteiger partial charge in [-0.3, -0.25) is 0 Å². The van der Waals surface area contributed by atoms with E-state index in [1.165, 1.54) is 5.56 Å². The predicted molar refractivity (Wildman–Crippen MR) is 74.3 cm³/mol. The van der Waals surface area contributed by atoms with Gasteiger partial charge in [0.05, 0.1) is 10.0 Å². The van der Waals surface area contributed by atoms with Crippen LogP contribution in [-0.4, -0.2) is 4.98 Å². The Hall–Kier alpha value is -0.630. The van der Waals surface area contributed by atoms with Gasteiger partial charge in [-0.2, -0.15) is 0 Å². The molecule has 0 unspecified atom stereocenters. The topological polar surface area (TPSA) is 15.8 Å². The number of aromatic nitrogens is 1. The lowest BCUT2D eigenvalue weighted by molar-refractivity contribution is 0.804. The molecule has 1 aromatic carbocycles. The van der Waals surface area contributed by atoms with Gasteiger partial charge in [0.1, 0.15) is 5.15 Å². The molecular weight excluding hydrogens is 277 g/mol. The van der Waals surface area contributed by atoms with E-state index in [0.29, 0.717) is 15.2 Å². The number of H-pyrrole nitrogens is 1.